The summed E-state index contributed by atoms with van der Waals surface area (Å²) >= 11 is 0. The smallest absolute Gasteiger partial charge is 0.218 e. The van der Waals surface area contributed by atoms with E-state index in [-0.39, 0.29) is 5.75 Å². The van der Waals surface area contributed by atoms with Gasteiger partial charge in [0.05, 0.1) is 37.8 Å². The van der Waals surface area contributed by atoms with Crippen molar-refractivity contribution in [2.45, 2.75) is 25.8 Å². The second-order valence-corrected chi connectivity index (χ2v) is 8.88. The Kier molecular flexibility index (Phi) is 8.18. The number of pyridine rings is 1. The largest absolute Gasteiger partial charge is 0.379 e. The Hall–Kier alpha value is -2.49. The maximum atomic E-state index is 12.8. The third kappa shape index (κ3) is 6.51. The van der Waals surface area contributed by atoms with Gasteiger partial charge in [-0.1, -0.05) is 30.3 Å². The summed E-state index contributed by atoms with van der Waals surface area (Å²) in [4.78, 5) is 8.94. The SMILES string of the molecule is CCNC(=NCc1ccccc1CS(=O)(=O)N1CCOCC1)NCc1ccccn1. The van der Waals surface area contributed by atoms with Gasteiger partial charge in [0, 0.05) is 25.8 Å². The van der Waals surface area contributed by atoms with E-state index in [1.165, 1.54) is 4.31 Å². The van der Waals surface area contributed by atoms with Gasteiger partial charge in [-0.05, 0) is 30.2 Å². The van der Waals surface area contributed by atoms with Crippen LogP contribution in [-0.4, -0.2) is 56.5 Å². The van der Waals surface area contributed by atoms with E-state index in [1.807, 2.05) is 49.4 Å². The monoisotopic (exact) mass is 431 g/mol. The van der Waals surface area contributed by atoms with Gasteiger partial charge in [-0.3, -0.25) is 4.98 Å². The van der Waals surface area contributed by atoms with E-state index in [4.69, 9.17) is 4.74 Å². The minimum atomic E-state index is -3.39. The molecular weight excluding hydrogens is 402 g/mol. The number of benzene rings is 1. The van der Waals surface area contributed by atoms with Gasteiger partial charge in [0.25, 0.3) is 0 Å². The molecule has 2 aromatic rings. The summed E-state index contributed by atoms with van der Waals surface area (Å²) in [5, 5.41) is 6.48. The molecule has 1 fully saturated rings. The van der Waals surface area contributed by atoms with E-state index >= 15 is 0 Å². The molecule has 1 saturated heterocycles. The fourth-order valence-corrected chi connectivity index (χ4v) is 4.71. The average molecular weight is 432 g/mol. The predicted molar refractivity (Wildman–Crippen MR) is 117 cm³/mol. The molecule has 0 aliphatic carbocycles. The number of hydrogen-bond donors (Lipinski definition) is 2. The number of ether oxygens (including phenoxy) is 1. The highest BCUT2D eigenvalue weighted by Crippen LogP contribution is 2.17. The highest BCUT2D eigenvalue weighted by Gasteiger charge is 2.25. The minimum absolute atomic E-state index is 0.0312. The third-order valence-corrected chi connectivity index (χ3v) is 6.56. The molecule has 162 valence electrons. The molecule has 30 heavy (non-hydrogen) atoms. The lowest BCUT2D eigenvalue weighted by atomic mass is 10.1. The van der Waals surface area contributed by atoms with Crippen molar-refractivity contribution in [2.24, 2.45) is 4.99 Å². The Labute approximate surface area is 178 Å². The second kappa shape index (κ2) is 11.1. The Bertz CT molecular complexity index is 929. The zero-order chi connectivity index (χ0) is 21.2. The second-order valence-electron chi connectivity index (χ2n) is 6.91. The number of aromatic nitrogens is 1. The van der Waals surface area contributed by atoms with Crippen LogP contribution in [-0.2, 0) is 33.6 Å². The van der Waals surface area contributed by atoms with Gasteiger partial charge in [-0.2, -0.15) is 4.31 Å². The van der Waals surface area contributed by atoms with Crippen LogP contribution in [0.25, 0.3) is 0 Å². The quantitative estimate of drug-likeness (QED) is 0.486. The molecular formula is C21H29N5O3S. The number of nitrogens with one attached hydrogen (secondary N) is 2. The van der Waals surface area contributed by atoms with Crippen LogP contribution >= 0.6 is 0 Å². The fourth-order valence-electron chi connectivity index (χ4n) is 3.15. The molecule has 0 saturated carbocycles. The van der Waals surface area contributed by atoms with E-state index in [0.717, 1.165) is 23.4 Å². The van der Waals surface area contributed by atoms with Crippen LogP contribution in [0.3, 0.4) is 0 Å². The summed E-state index contributed by atoms with van der Waals surface area (Å²) in [5.74, 6) is 0.630. The Morgan fingerprint density at radius 3 is 2.53 bits per heavy atom. The first-order valence-electron chi connectivity index (χ1n) is 10.1. The average Bonchev–Trinajstić information content (AvgIpc) is 2.78. The maximum Gasteiger partial charge on any atom is 0.218 e. The predicted octanol–water partition coefficient (Wildman–Crippen LogP) is 1.50. The molecule has 1 aromatic heterocycles. The van der Waals surface area contributed by atoms with Crippen molar-refractivity contribution in [3.8, 4) is 0 Å². The topological polar surface area (TPSA) is 95.9 Å². The van der Waals surface area contributed by atoms with Crippen LogP contribution in [0.1, 0.15) is 23.7 Å². The van der Waals surface area contributed by atoms with Gasteiger partial charge in [0.1, 0.15) is 0 Å². The maximum absolute atomic E-state index is 12.8. The van der Waals surface area contributed by atoms with Gasteiger partial charge in [0.15, 0.2) is 5.96 Å². The van der Waals surface area contributed by atoms with Crippen LogP contribution in [0.4, 0.5) is 0 Å². The third-order valence-electron chi connectivity index (χ3n) is 4.73. The molecule has 8 nitrogen and oxygen atoms in total. The molecule has 1 aromatic carbocycles. The summed E-state index contributed by atoms with van der Waals surface area (Å²) in [6, 6.07) is 13.3. The summed E-state index contributed by atoms with van der Waals surface area (Å²) in [7, 11) is -3.39. The number of nitrogens with zero attached hydrogens (tertiary/aromatic N) is 3. The zero-order valence-corrected chi connectivity index (χ0v) is 18.1. The highest BCUT2D eigenvalue weighted by molar-refractivity contribution is 7.88. The van der Waals surface area contributed by atoms with Crippen molar-refractivity contribution in [3.63, 3.8) is 0 Å². The summed E-state index contributed by atoms with van der Waals surface area (Å²) < 4.78 is 32.4. The molecule has 3 rings (SSSR count). The van der Waals surface area contributed by atoms with E-state index in [0.29, 0.717) is 45.4 Å². The summed E-state index contributed by atoms with van der Waals surface area (Å²) in [6.45, 7) is 5.36. The van der Waals surface area contributed by atoms with E-state index in [2.05, 4.69) is 20.6 Å². The first kappa shape index (κ1) is 22.2. The first-order chi connectivity index (χ1) is 14.6. The van der Waals surface area contributed by atoms with Gasteiger partial charge in [-0.25, -0.2) is 13.4 Å². The Morgan fingerprint density at radius 2 is 1.83 bits per heavy atom. The first-order valence-corrected chi connectivity index (χ1v) is 11.7. The fraction of sp³-hybridized carbons (Fsp3) is 0.429. The molecule has 0 bridgehead atoms. The number of morpholine rings is 1. The molecule has 9 heteroatoms. The summed E-state index contributed by atoms with van der Waals surface area (Å²) in [5.41, 5.74) is 2.58. The van der Waals surface area contributed by atoms with Crippen molar-refractivity contribution in [1.82, 2.24) is 19.9 Å². The standard InChI is InChI=1S/C21H29N5O3S/c1-2-22-21(25-16-20-9-5-6-10-23-20)24-15-18-7-3-4-8-19(18)17-30(27,28)26-11-13-29-14-12-26/h3-10H,2,11-17H2,1H3,(H2,22,24,25). The molecule has 2 N–H and O–H groups in total. The molecule has 0 spiro atoms. The van der Waals surface area contributed by atoms with Gasteiger partial charge >= 0.3 is 0 Å². The van der Waals surface area contributed by atoms with E-state index in [1.54, 1.807) is 6.20 Å². The molecule has 0 amide bonds. The number of guanidine groups is 1. The van der Waals surface area contributed by atoms with Crippen LogP contribution in [0.5, 0.6) is 0 Å². The highest BCUT2D eigenvalue weighted by atomic mass is 32.2. The number of hydrogen-bond acceptors (Lipinski definition) is 5. The minimum Gasteiger partial charge on any atom is -0.379 e. The molecule has 0 unspecified atom stereocenters. The van der Waals surface area contributed by atoms with Crippen LogP contribution < -0.4 is 10.6 Å². The van der Waals surface area contributed by atoms with E-state index in [9.17, 15) is 8.42 Å². The van der Waals surface area contributed by atoms with Gasteiger partial charge < -0.3 is 15.4 Å². The van der Waals surface area contributed by atoms with Gasteiger partial charge in [0.2, 0.25) is 10.0 Å². The van der Waals surface area contributed by atoms with Crippen LogP contribution in [0.15, 0.2) is 53.7 Å². The van der Waals surface area contributed by atoms with Crippen molar-refractivity contribution in [1.29, 1.82) is 0 Å². The van der Waals surface area contributed by atoms with Crippen molar-refractivity contribution >= 4 is 16.0 Å². The van der Waals surface area contributed by atoms with Crippen molar-refractivity contribution < 1.29 is 13.2 Å². The number of sulfonamides is 1. The van der Waals surface area contributed by atoms with Crippen LogP contribution in [0.2, 0.25) is 0 Å². The molecule has 1 aliphatic rings. The zero-order valence-electron chi connectivity index (χ0n) is 17.3. The molecule has 0 radical (unpaired) electrons. The van der Waals surface area contributed by atoms with E-state index < -0.39 is 10.0 Å². The lowest BCUT2D eigenvalue weighted by Gasteiger charge is -2.26. The Balaban J connectivity index is 1.68. The lowest BCUT2D eigenvalue weighted by Crippen LogP contribution is -2.41. The molecule has 1 aliphatic heterocycles. The normalized spacial score (nSPS) is 15.7. The number of rotatable bonds is 8. The van der Waals surface area contributed by atoms with Crippen molar-refractivity contribution in [3.05, 3.63) is 65.5 Å². The van der Waals surface area contributed by atoms with Gasteiger partial charge in [-0.15, -0.1) is 0 Å². The molecule has 2 heterocycles. The molecule has 0 atom stereocenters. The lowest BCUT2D eigenvalue weighted by molar-refractivity contribution is 0.0729. The van der Waals surface area contributed by atoms with Crippen LogP contribution in [0, 0.1) is 0 Å². The summed E-state index contributed by atoms with van der Waals surface area (Å²) in [6.07, 6.45) is 1.76. The van der Waals surface area contributed by atoms with Crippen molar-refractivity contribution in [2.75, 3.05) is 32.8 Å². The number of aliphatic imine (C=N–C) groups is 1. The Morgan fingerprint density at radius 1 is 1.10 bits per heavy atom.